The molecule has 0 saturated carbocycles. The second-order valence-corrected chi connectivity index (χ2v) is 5.57. The minimum atomic E-state index is -0.110. The van der Waals surface area contributed by atoms with Crippen molar-refractivity contribution in [2.75, 3.05) is 31.6 Å². The lowest BCUT2D eigenvalue weighted by molar-refractivity contribution is 0.0238. The summed E-state index contributed by atoms with van der Waals surface area (Å²) in [4.78, 5) is 16.3. The molecule has 1 amide bonds. The number of amides is 1. The molecule has 1 aliphatic rings. The van der Waals surface area contributed by atoms with Gasteiger partial charge in [-0.15, -0.1) is 0 Å². The lowest BCUT2D eigenvalue weighted by Gasteiger charge is -2.33. The molecule has 0 aliphatic carbocycles. The molecule has 0 aromatic carbocycles. The van der Waals surface area contributed by atoms with Crippen LogP contribution in [-0.4, -0.2) is 37.2 Å². The van der Waals surface area contributed by atoms with Crippen molar-refractivity contribution >= 4 is 11.6 Å². The number of carbonyl (C=O) groups is 1. The van der Waals surface area contributed by atoms with Gasteiger partial charge in [-0.1, -0.05) is 6.92 Å². The Labute approximate surface area is 120 Å². The van der Waals surface area contributed by atoms with Crippen LogP contribution in [0.4, 0.5) is 5.69 Å². The maximum Gasteiger partial charge on any atom is 0.269 e. The third-order valence-electron chi connectivity index (χ3n) is 3.75. The molecule has 0 spiro atoms. The van der Waals surface area contributed by atoms with Crippen molar-refractivity contribution in [2.24, 2.45) is 5.41 Å². The number of hydrogen-bond donors (Lipinski definition) is 2. The molecular formula is C15H23N3O2. The third-order valence-corrected chi connectivity index (χ3v) is 3.75. The first kappa shape index (κ1) is 14.8. The Morgan fingerprint density at radius 3 is 2.75 bits per heavy atom. The summed E-state index contributed by atoms with van der Waals surface area (Å²) in [6.45, 7) is 7.29. The molecule has 1 aromatic rings. The van der Waals surface area contributed by atoms with Crippen molar-refractivity contribution in [3.8, 4) is 0 Å². The van der Waals surface area contributed by atoms with E-state index < -0.39 is 0 Å². The molecule has 1 fully saturated rings. The highest BCUT2D eigenvalue weighted by Crippen LogP contribution is 2.28. The molecule has 1 aromatic heterocycles. The average Bonchev–Trinajstić information content (AvgIpc) is 2.47. The van der Waals surface area contributed by atoms with E-state index in [1.807, 2.05) is 13.0 Å². The van der Waals surface area contributed by atoms with E-state index in [4.69, 9.17) is 4.74 Å². The zero-order valence-electron chi connectivity index (χ0n) is 12.2. The number of rotatable bonds is 5. The van der Waals surface area contributed by atoms with Crippen LogP contribution in [0.3, 0.4) is 0 Å². The predicted octanol–water partition coefficient (Wildman–Crippen LogP) is 2.06. The summed E-state index contributed by atoms with van der Waals surface area (Å²) in [7, 11) is 0. The van der Waals surface area contributed by atoms with Gasteiger partial charge in [-0.25, -0.2) is 4.98 Å². The Balaban J connectivity index is 1.87. The van der Waals surface area contributed by atoms with E-state index in [1.165, 1.54) is 0 Å². The zero-order valence-corrected chi connectivity index (χ0v) is 12.2. The van der Waals surface area contributed by atoms with Gasteiger partial charge in [0.2, 0.25) is 0 Å². The quantitative estimate of drug-likeness (QED) is 0.864. The maximum absolute atomic E-state index is 12.1. The third kappa shape index (κ3) is 3.93. The van der Waals surface area contributed by atoms with Crippen molar-refractivity contribution in [3.05, 3.63) is 24.0 Å². The van der Waals surface area contributed by atoms with Crippen LogP contribution in [-0.2, 0) is 4.74 Å². The standard InChI is InChI=1S/C15H23N3O2/c1-3-16-12-4-5-13(17-10-12)14(19)18-11-15(2)6-8-20-9-7-15/h4-5,10,16H,3,6-9,11H2,1-2H3,(H,18,19). The number of hydrogen-bond acceptors (Lipinski definition) is 4. The normalized spacial score (nSPS) is 17.5. The van der Waals surface area contributed by atoms with Gasteiger partial charge in [0.25, 0.3) is 5.91 Å². The first-order chi connectivity index (χ1) is 9.63. The van der Waals surface area contributed by atoms with Crippen molar-refractivity contribution < 1.29 is 9.53 Å². The average molecular weight is 277 g/mol. The Morgan fingerprint density at radius 2 is 2.15 bits per heavy atom. The van der Waals surface area contributed by atoms with Gasteiger partial charge in [0.1, 0.15) is 5.69 Å². The molecular weight excluding hydrogens is 254 g/mol. The van der Waals surface area contributed by atoms with Gasteiger partial charge in [-0.2, -0.15) is 0 Å². The highest BCUT2D eigenvalue weighted by molar-refractivity contribution is 5.92. The number of pyridine rings is 1. The smallest absolute Gasteiger partial charge is 0.269 e. The molecule has 1 saturated heterocycles. The van der Waals surface area contributed by atoms with Crippen molar-refractivity contribution in [1.82, 2.24) is 10.3 Å². The number of nitrogens with zero attached hydrogens (tertiary/aromatic N) is 1. The monoisotopic (exact) mass is 277 g/mol. The van der Waals surface area contributed by atoms with Crippen LogP contribution in [0.2, 0.25) is 0 Å². The van der Waals surface area contributed by atoms with Crippen LogP contribution >= 0.6 is 0 Å². The molecule has 5 nitrogen and oxygen atoms in total. The van der Waals surface area contributed by atoms with Gasteiger partial charge in [-0.05, 0) is 37.3 Å². The molecule has 0 radical (unpaired) electrons. The minimum absolute atomic E-state index is 0.110. The Morgan fingerprint density at radius 1 is 1.40 bits per heavy atom. The lowest BCUT2D eigenvalue weighted by atomic mass is 9.82. The number of aromatic nitrogens is 1. The van der Waals surface area contributed by atoms with E-state index in [0.29, 0.717) is 12.2 Å². The fourth-order valence-corrected chi connectivity index (χ4v) is 2.26. The molecule has 1 aliphatic heterocycles. The van der Waals surface area contributed by atoms with E-state index in [9.17, 15) is 4.79 Å². The second kappa shape index (κ2) is 6.70. The highest BCUT2D eigenvalue weighted by Gasteiger charge is 2.27. The Kier molecular flexibility index (Phi) is 4.95. The minimum Gasteiger partial charge on any atom is -0.384 e. The summed E-state index contributed by atoms with van der Waals surface area (Å²) in [6, 6.07) is 3.63. The van der Waals surface area contributed by atoms with E-state index in [0.717, 1.165) is 38.3 Å². The summed E-state index contributed by atoms with van der Waals surface area (Å²) in [5, 5.41) is 6.14. The van der Waals surface area contributed by atoms with Crippen LogP contribution in [0.5, 0.6) is 0 Å². The molecule has 20 heavy (non-hydrogen) atoms. The lowest BCUT2D eigenvalue weighted by Crippen LogP contribution is -2.39. The Bertz CT molecular complexity index is 439. The fraction of sp³-hybridized carbons (Fsp3) is 0.600. The summed E-state index contributed by atoms with van der Waals surface area (Å²) < 4.78 is 5.36. The van der Waals surface area contributed by atoms with Gasteiger partial charge in [-0.3, -0.25) is 4.79 Å². The van der Waals surface area contributed by atoms with E-state index in [1.54, 1.807) is 12.3 Å². The van der Waals surface area contributed by atoms with Crippen LogP contribution in [0, 0.1) is 5.41 Å². The molecule has 110 valence electrons. The van der Waals surface area contributed by atoms with Gasteiger partial charge < -0.3 is 15.4 Å². The molecule has 0 atom stereocenters. The van der Waals surface area contributed by atoms with Crippen LogP contribution < -0.4 is 10.6 Å². The van der Waals surface area contributed by atoms with Crippen molar-refractivity contribution in [1.29, 1.82) is 0 Å². The van der Waals surface area contributed by atoms with Crippen LogP contribution in [0.15, 0.2) is 18.3 Å². The fourth-order valence-electron chi connectivity index (χ4n) is 2.26. The van der Waals surface area contributed by atoms with Crippen LogP contribution in [0.1, 0.15) is 37.2 Å². The van der Waals surface area contributed by atoms with Gasteiger partial charge >= 0.3 is 0 Å². The van der Waals surface area contributed by atoms with Gasteiger partial charge in [0, 0.05) is 26.3 Å². The molecule has 5 heteroatoms. The number of carbonyl (C=O) groups excluding carboxylic acids is 1. The van der Waals surface area contributed by atoms with Crippen LogP contribution in [0.25, 0.3) is 0 Å². The summed E-state index contributed by atoms with van der Waals surface area (Å²) >= 11 is 0. The van der Waals surface area contributed by atoms with Gasteiger partial charge in [0.05, 0.1) is 11.9 Å². The van der Waals surface area contributed by atoms with Gasteiger partial charge in [0.15, 0.2) is 0 Å². The number of ether oxygens (including phenoxy) is 1. The topological polar surface area (TPSA) is 63.2 Å². The largest absolute Gasteiger partial charge is 0.384 e. The summed E-state index contributed by atoms with van der Waals surface area (Å²) in [6.07, 6.45) is 3.66. The first-order valence-electron chi connectivity index (χ1n) is 7.19. The van der Waals surface area contributed by atoms with Crippen molar-refractivity contribution in [3.63, 3.8) is 0 Å². The van der Waals surface area contributed by atoms with E-state index in [2.05, 4.69) is 22.5 Å². The highest BCUT2D eigenvalue weighted by atomic mass is 16.5. The van der Waals surface area contributed by atoms with Crippen molar-refractivity contribution in [2.45, 2.75) is 26.7 Å². The van der Waals surface area contributed by atoms with E-state index in [-0.39, 0.29) is 11.3 Å². The predicted molar refractivity (Wildman–Crippen MR) is 78.9 cm³/mol. The second-order valence-electron chi connectivity index (χ2n) is 5.57. The number of nitrogens with one attached hydrogen (secondary N) is 2. The summed E-state index contributed by atoms with van der Waals surface area (Å²) in [5.74, 6) is -0.110. The molecule has 0 bridgehead atoms. The first-order valence-corrected chi connectivity index (χ1v) is 7.19. The zero-order chi connectivity index (χ0) is 14.4. The molecule has 2 heterocycles. The molecule has 2 rings (SSSR count). The molecule has 2 N–H and O–H groups in total. The number of anilines is 1. The molecule has 0 unspecified atom stereocenters. The van der Waals surface area contributed by atoms with E-state index >= 15 is 0 Å². The SMILES string of the molecule is CCNc1ccc(C(=O)NCC2(C)CCOCC2)nc1. The summed E-state index contributed by atoms with van der Waals surface area (Å²) in [5.41, 5.74) is 1.53. The maximum atomic E-state index is 12.1. The Hall–Kier alpha value is -1.62.